The van der Waals surface area contributed by atoms with Gasteiger partial charge in [-0.2, -0.15) is 0 Å². The van der Waals surface area contributed by atoms with Crippen molar-refractivity contribution in [3.63, 3.8) is 0 Å². The van der Waals surface area contributed by atoms with E-state index in [-0.39, 0.29) is 29.7 Å². The number of aromatic nitrogens is 3. The van der Waals surface area contributed by atoms with Crippen LogP contribution in [0.25, 0.3) is 0 Å². The standard InChI is InChI=1S/C15H18N4O3/c20-11-6-10(7-11)12(5-9-1-3-16-4-2-9)18-14(21)13-8-17-15(22)19-13/h1-4,8,10-12,20H,5-7H2,(H,18,21)(H2,17,19,22)/t10?,11?,12-/m0/s1. The zero-order chi connectivity index (χ0) is 15.5. The topological polar surface area (TPSA) is 111 Å². The second-order valence-corrected chi connectivity index (χ2v) is 5.68. The Bertz CT molecular complexity index is 688. The summed E-state index contributed by atoms with van der Waals surface area (Å²) < 4.78 is 0. The lowest BCUT2D eigenvalue weighted by Crippen LogP contribution is -2.48. The van der Waals surface area contributed by atoms with Gasteiger partial charge in [0.25, 0.3) is 5.91 Å². The van der Waals surface area contributed by atoms with Crippen LogP contribution in [-0.2, 0) is 6.42 Å². The van der Waals surface area contributed by atoms with E-state index in [1.807, 2.05) is 12.1 Å². The van der Waals surface area contributed by atoms with Gasteiger partial charge in [0.1, 0.15) is 5.69 Å². The molecule has 7 heteroatoms. The summed E-state index contributed by atoms with van der Waals surface area (Å²) in [7, 11) is 0. The molecule has 0 unspecified atom stereocenters. The molecular weight excluding hydrogens is 284 g/mol. The van der Waals surface area contributed by atoms with Crippen LogP contribution in [0, 0.1) is 5.92 Å². The second kappa shape index (κ2) is 6.15. The van der Waals surface area contributed by atoms with Crippen molar-refractivity contribution in [2.24, 2.45) is 5.92 Å². The van der Waals surface area contributed by atoms with Gasteiger partial charge < -0.3 is 20.4 Å². The molecule has 0 aromatic carbocycles. The summed E-state index contributed by atoms with van der Waals surface area (Å²) >= 11 is 0. The highest BCUT2D eigenvalue weighted by Gasteiger charge is 2.35. The molecule has 116 valence electrons. The first-order chi connectivity index (χ1) is 10.6. The van der Waals surface area contributed by atoms with Crippen molar-refractivity contribution in [3.8, 4) is 0 Å². The lowest BCUT2D eigenvalue weighted by Gasteiger charge is -2.38. The first kappa shape index (κ1) is 14.5. The van der Waals surface area contributed by atoms with Crippen molar-refractivity contribution in [2.45, 2.75) is 31.4 Å². The number of carbonyl (C=O) groups is 1. The van der Waals surface area contributed by atoms with Crippen molar-refractivity contribution in [1.29, 1.82) is 0 Å². The molecule has 3 rings (SSSR count). The van der Waals surface area contributed by atoms with E-state index in [9.17, 15) is 14.7 Å². The molecule has 1 fully saturated rings. The summed E-state index contributed by atoms with van der Waals surface area (Å²) in [6, 6.07) is 3.73. The minimum Gasteiger partial charge on any atom is -0.393 e. The number of hydrogen-bond acceptors (Lipinski definition) is 4. The minimum absolute atomic E-state index is 0.0864. The number of pyridine rings is 1. The number of rotatable bonds is 5. The first-order valence-electron chi connectivity index (χ1n) is 7.27. The maximum absolute atomic E-state index is 12.2. The molecule has 4 N–H and O–H groups in total. The molecule has 1 aliphatic carbocycles. The monoisotopic (exact) mass is 302 g/mol. The van der Waals surface area contributed by atoms with E-state index in [4.69, 9.17) is 0 Å². The number of aliphatic hydroxyl groups is 1. The van der Waals surface area contributed by atoms with Crippen molar-refractivity contribution < 1.29 is 9.90 Å². The Morgan fingerprint density at radius 1 is 1.41 bits per heavy atom. The molecule has 7 nitrogen and oxygen atoms in total. The van der Waals surface area contributed by atoms with Crippen LogP contribution in [-0.4, -0.2) is 38.1 Å². The number of nitrogens with zero attached hydrogens (tertiary/aromatic N) is 1. The average Bonchev–Trinajstić information content (AvgIpc) is 2.91. The Morgan fingerprint density at radius 3 is 2.73 bits per heavy atom. The van der Waals surface area contributed by atoms with Gasteiger partial charge in [0.15, 0.2) is 0 Å². The number of nitrogens with one attached hydrogen (secondary N) is 3. The molecule has 1 atom stereocenters. The van der Waals surface area contributed by atoms with Crippen LogP contribution in [0.2, 0.25) is 0 Å². The Kier molecular flexibility index (Phi) is 4.06. The van der Waals surface area contributed by atoms with E-state index in [0.717, 1.165) is 5.56 Å². The Morgan fingerprint density at radius 2 is 2.14 bits per heavy atom. The summed E-state index contributed by atoms with van der Waals surface area (Å²) in [5.41, 5.74) is 0.878. The third-order valence-electron chi connectivity index (χ3n) is 4.08. The van der Waals surface area contributed by atoms with Gasteiger partial charge in [0, 0.05) is 24.6 Å². The quantitative estimate of drug-likeness (QED) is 0.632. The van der Waals surface area contributed by atoms with Crippen LogP contribution in [0.3, 0.4) is 0 Å². The summed E-state index contributed by atoms with van der Waals surface area (Å²) in [5.74, 6) is -0.0865. The van der Waals surface area contributed by atoms with E-state index >= 15 is 0 Å². The second-order valence-electron chi connectivity index (χ2n) is 5.68. The van der Waals surface area contributed by atoms with Crippen molar-refractivity contribution in [2.75, 3.05) is 0 Å². The third-order valence-corrected chi connectivity index (χ3v) is 4.08. The van der Waals surface area contributed by atoms with Gasteiger partial charge in [-0.25, -0.2) is 4.79 Å². The maximum Gasteiger partial charge on any atom is 0.323 e. The fraction of sp³-hybridized carbons (Fsp3) is 0.400. The fourth-order valence-electron chi connectivity index (χ4n) is 2.77. The largest absolute Gasteiger partial charge is 0.393 e. The smallest absolute Gasteiger partial charge is 0.323 e. The number of aliphatic hydroxyl groups excluding tert-OH is 1. The van der Waals surface area contributed by atoms with Crippen LogP contribution in [0.15, 0.2) is 35.5 Å². The molecule has 22 heavy (non-hydrogen) atoms. The Hall–Kier alpha value is -2.41. The molecule has 0 radical (unpaired) electrons. The van der Waals surface area contributed by atoms with Gasteiger partial charge in [-0.15, -0.1) is 0 Å². The summed E-state index contributed by atoms with van der Waals surface area (Å²) in [4.78, 5) is 32.1. The molecule has 2 heterocycles. The fourth-order valence-corrected chi connectivity index (χ4v) is 2.77. The number of imidazole rings is 1. The Balaban J connectivity index is 1.71. The number of amides is 1. The molecule has 2 aromatic rings. The molecule has 0 aliphatic heterocycles. The van der Waals surface area contributed by atoms with Crippen molar-refractivity contribution >= 4 is 5.91 Å². The zero-order valence-electron chi connectivity index (χ0n) is 12.0. The van der Waals surface area contributed by atoms with Gasteiger partial charge in [-0.05, 0) is 42.9 Å². The highest BCUT2D eigenvalue weighted by atomic mass is 16.3. The Labute approximate surface area is 126 Å². The molecule has 2 aromatic heterocycles. The van der Waals surface area contributed by atoms with Gasteiger partial charge in [0.2, 0.25) is 0 Å². The van der Waals surface area contributed by atoms with Gasteiger partial charge >= 0.3 is 5.69 Å². The lowest BCUT2D eigenvalue weighted by molar-refractivity contribution is 0.0239. The number of H-pyrrole nitrogens is 2. The summed E-state index contributed by atoms with van der Waals surface area (Å²) in [6.07, 6.45) is 6.53. The molecule has 0 spiro atoms. The molecule has 1 amide bonds. The third kappa shape index (κ3) is 3.25. The van der Waals surface area contributed by atoms with Gasteiger partial charge in [0.05, 0.1) is 6.10 Å². The van der Waals surface area contributed by atoms with Crippen LogP contribution in [0.5, 0.6) is 0 Å². The highest BCUT2D eigenvalue weighted by molar-refractivity contribution is 5.92. The normalized spacial score (nSPS) is 21.9. The molecular formula is C15H18N4O3. The van der Waals surface area contributed by atoms with Crippen LogP contribution < -0.4 is 11.0 Å². The van der Waals surface area contributed by atoms with E-state index in [1.54, 1.807) is 12.4 Å². The van der Waals surface area contributed by atoms with Crippen molar-refractivity contribution in [1.82, 2.24) is 20.3 Å². The SMILES string of the molecule is O=C(N[C@@H](Cc1ccncc1)C1CC(O)C1)c1c[nH]c(=O)[nH]1. The molecule has 1 aliphatic rings. The first-order valence-corrected chi connectivity index (χ1v) is 7.27. The number of hydrogen-bond donors (Lipinski definition) is 4. The minimum atomic E-state index is -0.407. The summed E-state index contributed by atoms with van der Waals surface area (Å²) in [6.45, 7) is 0. The molecule has 1 saturated carbocycles. The van der Waals surface area contributed by atoms with Crippen LogP contribution in [0.4, 0.5) is 0 Å². The number of aromatic amines is 2. The van der Waals surface area contributed by atoms with E-state index < -0.39 is 5.69 Å². The van der Waals surface area contributed by atoms with Gasteiger partial charge in [-0.3, -0.25) is 9.78 Å². The van der Waals surface area contributed by atoms with E-state index in [0.29, 0.717) is 19.3 Å². The predicted molar refractivity (Wildman–Crippen MR) is 79.3 cm³/mol. The van der Waals surface area contributed by atoms with E-state index in [1.165, 1.54) is 6.20 Å². The van der Waals surface area contributed by atoms with Gasteiger partial charge in [-0.1, -0.05) is 0 Å². The zero-order valence-corrected chi connectivity index (χ0v) is 12.0. The highest BCUT2D eigenvalue weighted by Crippen LogP contribution is 2.31. The molecule has 0 bridgehead atoms. The van der Waals surface area contributed by atoms with Crippen LogP contribution in [0.1, 0.15) is 28.9 Å². The van der Waals surface area contributed by atoms with Crippen LogP contribution >= 0.6 is 0 Å². The number of carbonyl (C=O) groups excluding carboxylic acids is 1. The average molecular weight is 302 g/mol. The lowest BCUT2D eigenvalue weighted by atomic mass is 9.75. The van der Waals surface area contributed by atoms with Crippen molar-refractivity contribution in [3.05, 3.63) is 52.5 Å². The van der Waals surface area contributed by atoms with E-state index in [2.05, 4.69) is 20.3 Å². The molecule has 0 saturated heterocycles. The summed E-state index contributed by atoms with van der Waals surface area (Å²) in [5, 5.41) is 12.5. The maximum atomic E-state index is 12.2. The predicted octanol–water partition coefficient (Wildman–Crippen LogP) is 0.210.